The zero-order chi connectivity index (χ0) is 19.3. The van der Waals surface area contributed by atoms with E-state index >= 15 is 0 Å². The van der Waals surface area contributed by atoms with Crippen molar-refractivity contribution in [3.63, 3.8) is 0 Å². The summed E-state index contributed by atoms with van der Waals surface area (Å²) >= 11 is 0. The first-order chi connectivity index (χ1) is 12.9. The van der Waals surface area contributed by atoms with Crippen LogP contribution in [0.15, 0.2) is 48.5 Å². The molecule has 27 heavy (non-hydrogen) atoms. The maximum Gasteiger partial charge on any atom is 0.129 e. The summed E-state index contributed by atoms with van der Waals surface area (Å²) in [4.78, 5) is 0. The minimum atomic E-state index is -1.31. The number of hydrogen-bond acceptors (Lipinski definition) is 0. The van der Waals surface area contributed by atoms with E-state index in [0.717, 1.165) is 17.4 Å². The maximum absolute atomic E-state index is 3.44. The van der Waals surface area contributed by atoms with Crippen LogP contribution >= 0.6 is 0 Å². The van der Waals surface area contributed by atoms with Gasteiger partial charge < -0.3 is 0 Å². The molecule has 3 rings (SSSR count). The van der Waals surface area contributed by atoms with Gasteiger partial charge in [0.05, 0.1) is 0 Å². The molecule has 0 radical (unpaired) electrons. The molecule has 0 N–H and O–H groups in total. The maximum atomic E-state index is 3.44. The van der Waals surface area contributed by atoms with Gasteiger partial charge in [-0.1, -0.05) is 81.7 Å². The summed E-state index contributed by atoms with van der Waals surface area (Å²) in [6.07, 6.45) is 8.33. The third-order valence-corrected chi connectivity index (χ3v) is 6.60. The summed E-state index contributed by atoms with van der Waals surface area (Å²) in [5.41, 5.74) is 8.69. The Morgan fingerprint density at radius 3 is 1.89 bits per heavy atom. The van der Waals surface area contributed by atoms with E-state index in [2.05, 4.69) is 86.6 Å². The minimum absolute atomic E-state index is 0.770. The van der Waals surface area contributed by atoms with E-state index in [-0.39, 0.29) is 0 Å². The van der Waals surface area contributed by atoms with Crippen LogP contribution in [0.1, 0.15) is 62.5 Å². The van der Waals surface area contributed by atoms with Crippen LogP contribution in [0.4, 0.5) is 0 Å². The smallest absolute Gasteiger partial charge is 0.127 e. The van der Waals surface area contributed by atoms with Crippen molar-refractivity contribution in [2.24, 2.45) is 5.92 Å². The summed E-state index contributed by atoms with van der Waals surface area (Å²) < 4.78 is 0. The molecule has 2 aromatic carbocycles. The van der Waals surface area contributed by atoms with Gasteiger partial charge in [-0.15, -0.1) is 5.54 Å². The van der Waals surface area contributed by atoms with Crippen molar-refractivity contribution in [1.82, 2.24) is 0 Å². The Morgan fingerprint density at radius 1 is 0.815 bits per heavy atom. The molecule has 0 spiro atoms. The highest BCUT2D eigenvalue weighted by molar-refractivity contribution is 6.83. The molecule has 0 aromatic heterocycles. The minimum Gasteiger partial charge on any atom is -0.127 e. The van der Waals surface area contributed by atoms with Gasteiger partial charge >= 0.3 is 0 Å². The van der Waals surface area contributed by atoms with E-state index in [0.29, 0.717) is 0 Å². The number of rotatable bonds is 4. The zero-order valence-corrected chi connectivity index (χ0v) is 18.5. The third-order valence-electron chi connectivity index (χ3n) is 5.73. The predicted molar refractivity (Wildman–Crippen MR) is 122 cm³/mol. The van der Waals surface area contributed by atoms with Crippen molar-refractivity contribution in [2.45, 2.75) is 71.0 Å². The lowest BCUT2D eigenvalue weighted by Gasteiger charge is -2.28. The van der Waals surface area contributed by atoms with Crippen LogP contribution in [0, 0.1) is 17.4 Å². The van der Waals surface area contributed by atoms with E-state index in [1.54, 1.807) is 0 Å². The fraction of sp³-hybridized carbons (Fsp3) is 0.462. The zero-order valence-electron chi connectivity index (χ0n) is 17.5. The normalized spacial score (nSPS) is 20.0. The SMILES string of the molecule is CCCC1CCC(c2ccc(-c3ccc(C#C[Si](C)(C)C)cc3)cc2)CC1. The lowest BCUT2D eigenvalue weighted by Crippen LogP contribution is -2.16. The fourth-order valence-electron chi connectivity index (χ4n) is 4.15. The number of benzene rings is 2. The Bertz CT molecular complexity index is 773. The van der Waals surface area contributed by atoms with Crippen LogP contribution in [0.2, 0.25) is 19.6 Å². The first-order valence-electron chi connectivity index (χ1n) is 10.7. The fourth-order valence-corrected chi connectivity index (χ4v) is 4.67. The lowest BCUT2D eigenvalue weighted by atomic mass is 9.77. The summed E-state index contributed by atoms with van der Waals surface area (Å²) in [6.45, 7) is 9.17. The molecular weight excluding hydrogens is 340 g/mol. The average molecular weight is 375 g/mol. The van der Waals surface area contributed by atoms with Crippen LogP contribution in [0.3, 0.4) is 0 Å². The van der Waals surface area contributed by atoms with Crippen molar-refractivity contribution >= 4 is 8.07 Å². The van der Waals surface area contributed by atoms with Crippen LogP contribution in [0.5, 0.6) is 0 Å². The van der Waals surface area contributed by atoms with Crippen molar-refractivity contribution in [1.29, 1.82) is 0 Å². The molecule has 1 heteroatoms. The molecule has 0 unspecified atom stereocenters. The monoisotopic (exact) mass is 374 g/mol. The second kappa shape index (κ2) is 8.94. The Hall–Kier alpha value is -1.78. The van der Waals surface area contributed by atoms with Gasteiger partial charge in [0.25, 0.3) is 0 Å². The molecule has 142 valence electrons. The van der Waals surface area contributed by atoms with Crippen molar-refractivity contribution in [3.8, 4) is 22.6 Å². The van der Waals surface area contributed by atoms with Gasteiger partial charge in [-0.2, -0.15) is 0 Å². The Balaban J connectivity index is 1.64. The molecule has 1 saturated carbocycles. The van der Waals surface area contributed by atoms with E-state index in [4.69, 9.17) is 0 Å². The lowest BCUT2D eigenvalue weighted by molar-refractivity contribution is 0.308. The van der Waals surface area contributed by atoms with Gasteiger partial charge in [-0.3, -0.25) is 0 Å². The average Bonchev–Trinajstić information content (AvgIpc) is 2.67. The molecule has 0 heterocycles. The second-order valence-electron chi connectivity index (χ2n) is 9.21. The van der Waals surface area contributed by atoms with Gasteiger partial charge in [0, 0.05) is 5.56 Å². The van der Waals surface area contributed by atoms with Crippen molar-refractivity contribution in [3.05, 3.63) is 59.7 Å². The molecule has 1 aliphatic rings. The Kier molecular flexibility index (Phi) is 6.61. The quantitative estimate of drug-likeness (QED) is 0.380. The standard InChI is InChI=1S/C26H34Si/c1-5-6-21-7-11-23(12-8-21)25-15-17-26(18-16-25)24-13-9-22(10-14-24)19-20-27(2,3)4/h9-10,13-18,21,23H,5-8,11-12H2,1-4H3. The molecule has 0 amide bonds. The second-order valence-corrected chi connectivity index (χ2v) is 14.0. The number of hydrogen-bond donors (Lipinski definition) is 0. The summed E-state index contributed by atoms with van der Waals surface area (Å²) in [7, 11) is -1.31. The largest absolute Gasteiger partial charge is 0.129 e. The van der Waals surface area contributed by atoms with Gasteiger partial charge in [-0.05, 0) is 66.3 Å². The van der Waals surface area contributed by atoms with E-state index in [1.807, 2.05) is 0 Å². The van der Waals surface area contributed by atoms with Gasteiger partial charge in [-0.25, -0.2) is 0 Å². The highest BCUT2D eigenvalue weighted by Gasteiger charge is 2.21. The highest BCUT2D eigenvalue weighted by atomic mass is 28.3. The molecular formula is C26H34Si. The summed E-state index contributed by atoms with van der Waals surface area (Å²) in [6, 6.07) is 18.1. The predicted octanol–water partition coefficient (Wildman–Crippen LogP) is 7.66. The van der Waals surface area contributed by atoms with Gasteiger partial charge in [0.2, 0.25) is 0 Å². The van der Waals surface area contributed by atoms with E-state index < -0.39 is 8.07 Å². The molecule has 0 atom stereocenters. The van der Waals surface area contributed by atoms with Crippen LogP contribution < -0.4 is 0 Å². The molecule has 1 aliphatic carbocycles. The molecule has 0 nitrogen and oxygen atoms in total. The third kappa shape index (κ3) is 5.85. The molecule has 0 aliphatic heterocycles. The van der Waals surface area contributed by atoms with E-state index in [9.17, 15) is 0 Å². The Morgan fingerprint density at radius 2 is 1.37 bits per heavy atom. The van der Waals surface area contributed by atoms with Gasteiger partial charge in [0.15, 0.2) is 0 Å². The molecule has 1 fully saturated rings. The van der Waals surface area contributed by atoms with Crippen LogP contribution in [-0.2, 0) is 0 Å². The Labute approximate surface area is 167 Å². The van der Waals surface area contributed by atoms with Crippen LogP contribution in [-0.4, -0.2) is 8.07 Å². The van der Waals surface area contributed by atoms with E-state index in [1.165, 1.54) is 55.2 Å². The first-order valence-corrected chi connectivity index (χ1v) is 14.2. The first kappa shape index (κ1) is 20.0. The molecule has 0 saturated heterocycles. The summed E-state index contributed by atoms with van der Waals surface area (Å²) in [5, 5.41) is 0. The van der Waals surface area contributed by atoms with Crippen LogP contribution in [0.25, 0.3) is 11.1 Å². The van der Waals surface area contributed by atoms with Crippen molar-refractivity contribution in [2.75, 3.05) is 0 Å². The van der Waals surface area contributed by atoms with Gasteiger partial charge in [0.1, 0.15) is 8.07 Å². The summed E-state index contributed by atoms with van der Waals surface area (Å²) in [5.74, 6) is 5.09. The highest BCUT2D eigenvalue weighted by Crippen LogP contribution is 2.38. The van der Waals surface area contributed by atoms with Crippen molar-refractivity contribution < 1.29 is 0 Å². The molecule has 0 bridgehead atoms. The topological polar surface area (TPSA) is 0 Å². The molecule has 2 aromatic rings.